The van der Waals surface area contributed by atoms with Crippen LogP contribution in [0.3, 0.4) is 0 Å². The second kappa shape index (κ2) is 5.14. The van der Waals surface area contributed by atoms with Crippen LogP contribution in [0, 0.1) is 9.39 Å². The van der Waals surface area contributed by atoms with Crippen LogP contribution >= 0.6 is 22.6 Å². The van der Waals surface area contributed by atoms with E-state index in [2.05, 4.69) is 4.74 Å². The lowest BCUT2D eigenvalue weighted by molar-refractivity contribution is -0.142. The number of carbonyl (C=O) groups is 1. The van der Waals surface area contributed by atoms with Gasteiger partial charge in [0.15, 0.2) is 6.61 Å². The Bertz CT molecular complexity index is 341. The van der Waals surface area contributed by atoms with Gasteiger partial charge in [0, 0.05) is 0 Å². The van der Waals surface area contributed by atoms with Gasteiger partial charge in [-0.2, -0.15) is 0 Å². The van der Waals surface area contributed by atoms with E-state index in [4.69, 9.17) is 4.74 Å². The molecule has 3 nitrogen and oxygen atoms in total. The predicted molar refractivity (Wildman–Crippen MR) is 56.6 cm³/mol. The monoisotopic (exact) mass is 310 g/mol. The molecule has 0 bridgehead atoms. The number of hydrogen-bond donors (Lipinski definition) is 0. The Morgan fingerprint density at radius 1 is 1.57 bits per heavy atom. The number of hydrogen-bond acceptors (Lipinski definition) is 3. The Morgan fingerprint density at radius 3 is 2.93 bits per heavy atom. The summed E-state index contributed by atoms with van der Waals surface area (Å²) in [6, 6.07) is 4.44. The maximum atomic E-state index is 13.0. The largest absolute Gasteiger partial charge is 0.481 e. The highest BCUT2D eigenvalue weighted by Crippen LogP contribution is 2.22. The molecule has 1 rings (SSSR count). The van der Waals surface area contributed by atoms with E-state index in [-0.39, 0.29) is 12.4 Å². The average molecular weight is 310 g/mol. The summed E-state index contributed by atoms with van der Waals surface area (Å²) in [5, 5.41) is 0. The van der Waals surface area contributed by atoms with Gasteiger partial charge in [-0.3, -0.25) is 0 Å². The van der Waals surface area contributed by atoms with E-state index >= 15 is 0 Å². The highest BCUT2D eigenvalue weighted by Gasteiger charge is 2.08. The van der Waals surface area contributed by atoms with Crippen molar-refractivity contribution in [3.8, 4) is 5.75 Å². The highest BCUT2D eigenvalue weighted by atomic mass is 127. The van der Waals surface area contributed by atoms with Gasteiger partial charge in [0.2, 0.25) is 0 Å². The van der Waals surface area contributed by atoms with Crippen LogP contribution in [0.2, 0.25) is 0 Å². The average Bonchev–Trinajstić information content (AvgIpc) is 2.20. The molecule has 0 atom stereocenters. The number of ether oxygens (including phenoxy) is 2. The normalized spacial score (nSPS) is 9.64. The van der Waals surface area contributed by atoms with Crippen LogP contribution in [-0.2, 0) is 9.53 Å². The predicted octanol–water partition coefficient (Wildman–Crippen LogP) is 1.98. The first-order chi connectivity index (χ1) is 6.65. The number of benzene rings is 1. The van der Waals surface area contributed by atoms with Gasteiger partial charge in [-0.1, -0.05) is 6.07 Å². The quantitative estimate of drug-likeness (QED) is 0.633. The van der Waals surface area contributed by atoms with Crippen LogP contribution in [0.5, 0.6) is 5.75 Å². The molecule has 0 fully saturated rings. The Labute approximate surface area is 94.3 Å². The van der Waals surface area contributed by atoms with E-state index < -0.39 is 5.97 Å². The molecule has 0 aliphatic carbocycles. The number of esters is 1. The van der Waals surface area contributed by atoms with Gasteiger partial charge in [-0.25, -0.2) is 9.18 Å². The third kappa shape index (κ3) is 2.83. The molecule has 0 unspecified atom stereocenters. The first kappa shape index (κ1) is 11.2. The minimum Gasteiger partial charge on any atom is -0.481 e. The summed E-state index contributed by atoms with van der Waals surface area (Å²) < 4.78 is 22.8. The van der Waals surface area contributed by atoms with Crippen molar-refractivity contribution in [3.63, 3.8) is 0 Å². The van der Waals surface area contributed by atoms with E-state index in [9.17, 15) is 9.18 Å². The Hall–Kier alpha value is -0.850. The molecule has 0 heterocycles. The minimum atomic E-state index is -0.495. The maximum absolute atomic E-state index is 13.0. The molecule has 76 valence electrons. The molecule has 1 aromatic carbocycles. The Kier molecular flexibility index (Phi) is 4.12. The van der Waals surface area contributed by atoms with Gasteiger partial charge < -0.3 is 9.47 Å². The Morgan fingerprint density at radius 2 is 2.29 bits per heavy atom. The molecule has 0 aromatic heterocycles. The standard InChI is InChI=1S/C9H8FIO3/c1-13-8(12)5-14-7-4-2-3-6(10)9(7)11/h2-4H,5H2,1H3. The summed E-state index contributed by atoms with van der Waals surface area (Å²) in [6.07, 6.45) is 0. The molecule has 0 saturated carbocycles. The summed E-state index contributed by atoms with van der Waals surface area (Å²) in [4.78, 5) is 10.7. The maximum Gasteiger partial charge on any atom is 0.343 e. The highest BCUT2D eigenvalue weighted by molar-refractivity contribution is 14.1. The first-order valence-corrected chi connectivity index (χ1v) is 4.86. The van der Waals surface area contributed by atoms with Crippen molar-refractivity contribution in [2.75, 3.05) is 13.7 Å². The van der Waals surface area contributed by atoms with E-state index in [1.807, 2.05) is 22.6 Å². The second-order valence-corrected chi connectivity index (χ2v) is 3.50. The van der Waals surface area contributed by atoms with Crippen molar-refractivity contribution < 1.29 is 18.7 Å². The molecule has 0 N–H and O–H groups in total. The number of halogens is 2. The summed E-state index contributed by atoms with van der Waals surface area (Å²) in [6.45, 7) is -0.212. The van der Waals surface area contributed by atoms with Crippen LogP contribution in [0.15, 0.2) is 18.2 Å². The van der Waals surface area contributed by atoms with E-state index in [1.165, 1.54) is 19.2 Å². The topological polar surface area (TPSA) is 35.5 Å². The van der Waals surface area contributed by atoms with Crippen molar-refractivity contribution in [1.29, 1.82) is 0 Å². The van der Waals surface area contributed by atoms with Crippen LogP contribution in [0.25, 0.3) is 0 Å². The van der Waals surface area contributed by atoms with Crippen molar-refractivity contribution in [2.45, 2.75) is 0 Å². The smallest absolute Gasteiger partial charge is 0.343 e. The third-order valence-electron chi connectivity index (χ3n) is 1.49. The molecule has 0 spiro atoms. The van der Waals surface area contributed by atoms with Gasteiger partial charge in [-0.15, -0.1) is 0 Å². The molecule has 14 heavy (non-hydrogen) atoms. The number of rotatable bonds is 3. The summed E-state index contributed by atoms with van der Waals surface area (Å²) in [5.41, 5.74) is 0. The third-order valence-corrected chi connectivity index (χ3v) is 2.54. The fourth-order valence-electron chi connectivity index (χ4n) is 0.791. The second-order valence-electron chi connectivity index (χ2n) is 2.42. The van der Waals surface area contributed by atoms with E-state index in [0.29, 0.717) is 9.32 Å². The molecule has 0 radical (unpaired) electrons. The fraction of sp³-hybridized carbons (Fsp3) is 0.222. The van der Waals surface area contributed by atoms with Crippen molar-refractivity contribution in [1.82, 2.24) is 0 Å². The lowest BCUT2D eigenvalue weighted by atomic mass is 10.3. The Balaban J connectivity index is 2.68. The minimum absolute atomic E-state index is 0.212. The van der Waals surface area contributed by atoms with E-state index in [1.54, 1.807) is 6.07 Å². The molecule has 0 aliphatic rings. The zero-order chi connectivity index (χ0) is 10.6. The summed E-state index contributed by atoms with van der Waals surface area (Å²) in [5.74, 6) is -0.519. The molecule has 0 saturated heterocycles. The summed E-state index contributed by atoms with van der Waals surface area (Å²) in [7, 11) is 1.27. The van der Waals surface area contributed by atoms with Gasteiger partial charge in [0.05, 0.1) is 10.7 Å². The van der Waals surface area contributed by atoms with Crippen LogP contribution in [0.4, 0.5) is 4.39 Å². The molecule has 0 aliphatic heterocycles. The molecule has 5 heteroatoms. The van der Waals surface area contributed by atoms with Crippen LogP contribution < -0.4 is 4.74 Å². The lowest BCUT2D eigenvalue weighted by Crippen LogP contribution is -2.13. The van der Waals surface area contributed by atoms with Crippen LogP contribution in [-0.4, -0.2) is 19.7 Å². The zero-order valence-corrected chi connectivity index (χ0v) is 9.58. The van der Waals surface area contributed by atoms with Crippen molar-refractivity contribution in [3.05, 3.63) is 27.6 Å². The number of methoxy groups -OCH3 is 1. The lowest BCUT2D eigenvalue weighted by Gasteiger charge is -2.06. The molecule has 0 amide bonds. The fourth-order valence-corrected chi connectivity index (χ4v) is 1.31. The van der Waals surface area contributed by atoms with Crippen LogP contribution in [0.1, 0.15) is 0 Å². The SMILES string of the molecule is COC(=O)COc1cccc(F)c1I. The van der Waals surface area contributed by atoms with Crippen molar-refractivity contribution >= 4 is 28.6 Å². The molecule has 1 aromatic rings. The number of carbonyl (C=O) groups excluding carboxylic acids is 1. The molecular formula is C9H8FIO3. The van der Waals surface area contributed by atoms with Gasteiger partial charge in [-0.05, 0) is 34.7 Å². The first-order valence-electron chi connectivity index (χ1n) is 3.78. The van der Waals surface area contributed by atoms with Gasteiger partial charge in [0.1, 0.15) is 11.6 Å². The van der Waals surface area contributed by atoms with Gasteiger partial charge in [0.25, 0.3) is 0 Å². The molecular weight excluding hydrogens is 302 g/mol. The van der Waals surface area contributed by atoms with Crippen molar-refractivity contribution in [2.24, 2.45) is 0 Å². The summed E-state index contributed by atoms with van der Waals surface area (Å²) >= 11 is 1.81. The van der Waals surface area contributed by atoms with Gasteiger partial charge >= 0.3 is 5.97 Å². The zero-order valence-electron chi connectivity index (χ0n) is 7.42. The van der Waals surface area contributed by atoms with E-state index in [0.717, 1.165) is 0 Å².